The average Bonchev–Trinajstić information content (AvgIpc) is 2.79. The standard InChI is InChI=1S/C28H36B2NO2/c1-7-20(2)21-8-14-24(15-9-21)31(25-16-10-22(29)11-17-25)26-18-12-23(13-19-26)30-33-28(5,6)27(3,4)32/h8-10,12-16,18-20,32H,7,11,17H2,1-6H3. The lowest BCUT2D eigenvalue weighted by Crippen LogP contribution is -2.49. The highest BCUT2D eigenvalue weighted by atomic mass is 16.5. The maximum absolute atomic E-state index is 10.3. The van der Waals surface area contributed by atoms with Crippen molar-refractivity contribution in [2.45, 2.75) is 77.9 Å². The van der Waals surface area contributed by atoms with E-state index >= 15 is 0 Å². The first kappa shape index (κ1) is 25.4. The van der Waals surface area contributed by atoms with Gasteiger partial charge < -0.3 is 14.7 Å². The van der Waals surface area contributed by atoms with E-state index in [0.29, 0.717) is 5.92 Å². The normalized spacial score (nSPS) is 15.5. The minimum atomic E-state index is -0.954. The van der Waals surface area contributed by atoms with E-state index in [9.17, 15) is 5.11 Å². The number of nitrogens with zero attached hydrogens (tertiary/aromatic N) is 1. The van der Waals surface area contributed by atoms with E-state index in [0.717, 1.165) is 41.6 Å². The summed E-state index contributed by atoms with van der Waals surface area (Å²) < 4.78 is 5.92. The molecule has 1 aliphatic rings. The van der Waals surface area contributed by atoms with E-state index in [2.05, 4.69) is 61.2 Å². The van der Waals surface area contributed by atoms with Crippen LogP contribution in [0.4, 0.5) is 11.4 Å². The number of aliphatic hydroxyl groups is 1. The SMILES string of the molecule is [B]C1=CC=C(N(c2ccc([B]OC(C)(C)C(C)(C)O)cc2)c2ccc(C(C)CC)cc2)CC1. The number of rotatable bonds is 9. The third-order valence-corrected chi connectivity index (χ3v) is 6.89. The molecule has 171 valence electrons. The van der Waals surface area contributed by atoms with Crippen molar-refractivity contribution in [1.29, 1.82) is 0 Å². The van der Waals surface area contributed by atoms with Gasteiger partial charge in [0.25, 0.3) is 0 Å². The Bertz CT molecular complexity index is 986. The van der Waals surface area contributed by atoms with E-state index in [1.54, 1.807) is 21.3 Å². The Morgan fingerprint density at radius 1 is 0.970 bits per heavy atom. The molecule has 0 saturated carbocycles. The summed E-state index contributed by atoms with van der Waals surface area (Å²) in [6.07, 6.45) is 7.01. The average molecular weight is 440 g/mol. The van der Waals surface area contributed by atoms with Crippen LogP contribution in [0.5, 0.6) is 0 Å². The summed E-state index contributed by atoms with van der Waals surface area (Å²) in [5.74, 6) is 0.548. The fourth-order valence-corrected chi connectivity index (χ4v) is 3.56. The molecule has 1 N–H and O–H groups in total. The van der Waals surface area contributed by atoms with Crippen LogP contribution < -0.4 is 10.4 Å². The molecule has 0 amide bonds. The second-order valence-electron chi connectivity index (χ2n) is 10.0. The Hall–Kier alpha value is -2.23. The predicted octanol–water partition coefficient (Wildman–Crippen LogP) is 5.88. The van der Waals surface area contributed by atoms with Crippen LogP contribution in [0.25, 0.3) is 0 Å². The van der Waals surface area contributed by atoms with Crippen LogP contribution in [0, 0.1) is 0 Å². The van der Waals surface area contributed by atoms with Gasteiger partial charge in [-0.15, -0.1) is 5.47 Å². The molecule has 0 aliphatic heterocycles. The van der Waals surface area contributed by atoms with E-state index in [-0.39, 0.29) is 0 Å². The Labute approximate surface area is 202 Å². The van der Waals surface area contributed by atoms with Gasteiger partial charge in [-0.3, -0.25) is 0 Å². The van der Waals surface area contributed by atoms with Gasteiger partial charge in [-0.2, -0.15) is 0 Å². The maximum Gasteiger partial charge on any atom is 0.330 e. The summed E-state index contributed by atoms with van der Waals surface area (Å²) in [4.78, 5) is 2.30. The van der Waals surface area contributed by atoms with Gasteiger partial charge in [-0.1, -0.05) is 49.7 Å². The molecular weight excluding hydrogens is 404 g/mol. The van der Waals surface area contributed by atoms with Crippen molar-refractivity contribution >= 4 is 32.2 Å². The van der Waals surface area contributed by atoms with E-state index < -0.39 is 11.2 Å². The Morgan fingerprint density at radius 2 is 1.55 bits per heavy atom. The molecule has 3 radical (unpaired) electrons. The van der Waals surface area contributed by atoms with Crippen molar-refractivity contribution in [3.8, 4) is 0 Å². The maximum atomic E-state index is 10.3. The number of allylic oxidation sites excluding steroid dienone is 4. The lowest BCUT2D eigenvalue weighted by molar-refractivity contribution is -0.0893. The summed E-state index contributed by atoms with van der Waals surface area (Å²) in [5, 5.41) is 10.3. The highest BCUT2D eigenvalue weighted by Crippen LogP contribution is 2.34. The lowest BCUT2D eigenvalue weighted by atomic mass is 9.82. The highest BCUT2D eigenvalue weighted by Gasteiger charge is 2.35. The van der Waals surface area contributed by atoms with Crippen LogP contribution in [0.2, 0.25) is 0 Å². The minimum Gasteiger partial charge on any atom is -0.427 e. The van der Waals surface area contributed by atoms with Gasteiger partial charge in [0.15, 0.2) is 0 Å². The predicted molar refractivity (Wildman–Crippen MR) is 142 cm³/mol. The van der Waals surface area contributed by atoms with Crippen molar-refractivity contribution in [2.75, 3.05) is 4.90 Å². The second-order valence-corrected chi connectivity index (χ2v) is 10.0. The van der Waals surface area contributed by atoms with Crippen LogP contribution in [0.15, 0.2) is 71.9 Å². The van der Waals surface area contributed by atoms with Crippen LogP contribution in [-0.4, -0.2) is 31.6 Å². The molecule has 5 heteroatoms. The second kappa shape index (κ2) is 10.4. The molecule has 1 unspecified atom stereocenters. The molecule has 0 bridgehead atoms. The summed E-state index contributed by atoms with van der Waals surface area (Å²) in [5.41, 5.74) is 5.02. The van der Waals surface area contributed by atoms with Crippen molar-refractivity contribution in [1.82, 2.24) is 0 Å². The molecular formula is C28H36B2NO2. The molecule has 0 heterocycles. The van der Waals surface area contributed by atoms with Crippen LogP contribution >= 0.6 is 0 Å². The molecule has 3 rings (SSSR count). The fourth-order valence-electron chi connectivity index (χ4n) is 3.56. The van der Waals surface area contributed by atoms with Gasteiger partial charge in [0.05, 0.1) is 11.2 Å². The molecule has 0 spiro atoms. The molecule has 0 fully saturated rings. The summed E-state index contributed by atoms with van der Waals surface area (Å²) in [6.45, 7) is 11.8. The first-order valence-electron chi connectivity index (χ1n) is 11.9. The highest BCUT2D eigenvalue weighted by molar-refractivity contribution is 6.47. The van der Waals surface area contributed by atoms with E-state index in [4.69, 9.17) is 12.5 Å². The van der Waals surface area contributed by atoms with Crippen LogP contribution in [-0.2, 0) is 4.65 Å². The van der Waals surface area contributed by atoms with Crippen molar-refractivity contribution in [2.24, 2.45) is 0 Å². The molecule has 0 saturated heterocycles. The van der Waals surface area contributed by atoms with Crippen molar-refractivity contribution in [3.63, 3.8) is 0 Å². The molecule has 2 aromatic carbocycles. The van der Waals surface area contributed by atoms with Gasteiger partial charge >= 0.3 is 7.48 Å². The number of hydrogen-bond donors (Lipinski definition) is 1. The zero-order valence-corrected chi connectivity index (χ0v) is 20.9. The summed E-state index contributed by atoms with van der Waals surface area (Å²) in [7, 11) is 7.74. The third-order valence-electron chi connectivity index (χ3n) is 6.89. The van der Waals surface area contributed by atoms with Crippen molar-refractivity contribution < 1.29 is 9.76 Å². The zero-order valence-electron chi connectivity index (χ0n) is 20.9. The largest absolute Gasteiger partial charge is 0.427 e. The van der Waals surface area contributed by atoms with Crippen molar-refractivity contribution in [3.05, 3.63) is 77.4 Å². The smallest absolute Gasteiger partial charge is 0.330 e. The molecule has 2 aromatic rings. The molecule has 0 aromatic heterocycles. The molecule has 33 heavy (non-hydrogen) atoms. The van der Waals surface area contributed by atoms with Gasteiger partial charge in [-0.25, -0.2) is 0 Å². The summed E-state index contributed by atoms with van der Waals surface area (Å²) >= 11 is 0. The van der Waals surface area contributed by atoms with Crippen LogP contribution in [0.3, 0.4) is 0 Å². The number of hydrogen-bond acceptors (Lipinski definition) is 3. The minimum absolute atomic E-state index is 0.548. The monoisotopic (exact) mass is 440 g/mol. The Kier molecular flexibility index (Phi) is 7.97. The van der Waals surface area contributed by atoms with Gasteiger partial charge in [0.1, 0.15) is 7.85 Å². The van der Waals surface area contributed by atoms with E-state index in [1.807, 2.05) is 32.1 Å². The third kappa shape index (κ3) is 6.22. The first-order valence-corrected chi connectivity index (χ1v) is 11.9. The molecule has 3 nitrogen and oxygen atoms in total. The lowest BCUT2D eigenvalue weighted by Gasteiger charge is -2.37. The number of anilines is 2. The zero-order chi connectivity index (χ0) is 24.2. The van der Waals surface area contributed by atoms with E-state index in [1.165, 1.54) is 11.3 Å². The topological polar surface area (TPSA) is 32.7 Å². The number of benzene rings is 2. The van der Waals surface area contributed by atoms with Gasteiger partial charge in [0, 0.05) is 17.1 Å². The first-order chi connectivity index (χ1) is 15.5. The van der Waals surface area contributed by atoms with Gasteiger partial charge in [-0.05, 0) is 88.8 Å². The van der Waals surface area contributed by atoms with Gasteiger partial charge in [0.2, 0.25) is 0 Å². The quantitative estimate of drug-likeness (QED) is 0.495. The molecule has 1 aliphatic carbocycles. The van der Waals surface area contributed by atoms with Crippen LogP contribution in [0.1, 0.15) is 72.3 Å². The molecule has 1 atom stereocenters. The Morgan fingerprint density at radius 3 is 2.03 bits per heavy atom. The summed E-state index contributed by atoms with van der Waals surface area (Å²) in [6, 6.07) is 17.2. The Balaban J connectivity index is 1.87. The fraction of sp³-hybridized carbons (Fsp3) is 0.429.